The number of anilines is 2. The van der Waals surface area contributed by atoms with E-state index in [0.29, 0.717) is 11.5 Å². The van der Waals surface area contributed by atoms with Crippen LogP contribution in [0.1, 0.15) is 54.5 Å². The van der Waals surface area contributed by atoms with Gasteiger partial charge < -0.3 is 15.5 Å². The first-order chi connectivity index (χ1) is 13.4. The Balaban J connectivity index is 1.68. The lowest BCUT2D eigenvalue weighted by Gasteiger charge is -2.23. The van der Waals surface area contributed by atoms with Crippen LogP contribution >= 0.6 is 12.2 Å². The fourth-order valence-corrected chi connectivity index (χ4v) is 4.14. The molecule has 2 aromatic carbocycles. The molecular weight excluding hydrogens is 366 g/mol. The Labute approximate surface area is 173 Å². The molecule has 3 rings (SSSR count). The molecule has 0 unspecified atom stereocenters. The summed E-state index contributed by atoms with van der Waals surface area (Å²) < 4.78 is 0. The fraction of sp³-hybridized carbons (Fsp3) is 0.391. The van der Waals surface area contributed by atoms with Crippen LogP contribution in [0.25, 0.3) is 0 Å². The zero-order valence-electron chi connectivity index (χ0n) is 17.1. The summed E-state index contributed by atoms with van der Waals surface area (Å²) in [7, 11) is 0. The van der Waals surface area contributed by atoms with Crippen molar-refractivity contribution in [2.24, 2.45) is 0 Å². The van der Waals surface area contributed by atoms with Crippen LogP contribution in [-0.2, 0) is 4.79 Å². The summed E-state index contributed by atoms with van der Waals surface area (Å²) >= 11 is 5.56. The number of amides is 1. The Morgan fingerprint density at radius 1 is 1.14 bits per heavy atom. The first kappa shape index (κ1) is 20.3. The van der Waals surface area contributed by atoms with Crippen molar-refractivity contribution in [3.05, 3.63) is 58.7 Å². The molecule has 1 aliphatic rings. The van der Waals surface area contributed by atoms with E-state index in [1.807, 2.05) is 30.0 Å². The van der Waals surface area contributed by atoms with Gasteiger partial charge in [0.25, 0.3) is 0 Å². The third kappa shape index (κ3) is 4.53. The molecule has 148 valence electrons. The fourth-order valence-electron chi connectivity index (χ4n) is 3.88. The maximum atomic E-state index is 12.0. The maximum Gasteiger partial charge on any atom is 0.227 e. The molecule has 1 heterocycles. The van der Waals surface area contributed by atoms with Crippen LogP contribution in [0.15, 0.2) is 36.4 Å². The molecule has 0 aromatic heterocycles. The van der Waals surface area contributed by atoms with Crippen LogP contribution < -0.4 is 15.5 Å². The quantitative estimate of drug-likeness (QED) is 0.685. The van der Waals surface area contributed by atoms with Crippen molar-refractivity contribution in [2.45, 2.75) is 53.0 Å². The highest BCUT2D eigenvalue weighted by Gasteiger charge is 2.23. The van der Waals surface area contributed by atoms with Gasteiger partial charge in [0, 0.05) is 24.3 Å². The molecule has 1 fully saturated rings. The Hall–Kier alpha value is -2.40. The molecule has 1 amide bonds. The second kappa shape index (κ2) is 8.74. The number of carbonyl (C=O) groups is 1. The zero-order valence-corrected chi connectivity index (χ0v) is 18.0. The topological polar surface area (TPSA) is 44.4 Å². The third-order valence-electron chi connectivity index (χ3n) is 5.33. The number of carbonyl (C=O) groups excluding carboxylic acids is 1. The molecule has 0 bridgehead atoms. The lowest BCUT2D eigenvalue weighted by molar-refractivity contribution is -0.117. The molecule has 0 spiro atoms. The van der Waals surface area contributed by atoms with Gasteiger partial charge in [0.15, 0.2) is 5.11 Å². The summed E-state index contributed by atoms with van der Waals surface area (Å²) in [6, 6.07) is 12.7. The largest absolute Gasteiger partial charge is 0.356 e. The van der Waals surface area contributed by atoms with E-state index >= 15 is 0 Å². The Morgan fingerprint density at radius 3 is 2.54 bits per heavy atom. The molecule has 0 saturated carbocycles. The highest BCUT2D eigenvalue weighted by atomic mass is 32.1. The minimum absolute atomic E-state index is 0.170. The van der Waals surface area contributed by atoms with Crippen molar-refractivity contribution in [3.63, 3.8) is 0 Å². The molecule has 2 aromatic rings. The number of aryl methyl sites for hydroxylation is 3. The van der Waals surface area contributed by atoms with Gasteiger partial charge in [0.2, 0.25) is 5.91 Å². The van der Waals surface area contributed by atoms with Crippen LogP contribution in [-0.4, -0.2) is 17.6 Å². The second-order valence-electron chi connectivity index (χ2n) is 7.57. The Kier molecular flexibility index (Phi) is 6.35. The number of rotatable bonds is 5. The van der Waals surface area contributed by atoms with E-state index in [9.17, 15) is 4.79 Å². The minimum Gasteiger partial charge on any atom is -0.356 e. The smallest absolute Gasteiger partial charge is 0.227 e. The highest BCUT2D eigenvalue weighted by molar-refractivity contribution is 7.80. The van der Waals surface area contributed by atoms with Crippen molar-refractivity contribution in [3.8, 4) is 0 Å². The Morgan fingerprint density at radius 2 is 1.93 bits per heavy atom. The van der Waals surface area contributed by atoms with Crippen molar-refractivity contribution in [1.82, 2.24) is 5.32 Å². The van der Waals surface area contributed by atoms with Crippen molar-refractivity contribution in [1.29, 1.82) is 0 Å². The average molecular weight is 396 g/mol. The molecule has 1 saturated heterocycles. The predicted molar refractivity (Wildman–Crippen MR) is 121 cm³/mol. The molecule has 0 radical (unpaired) electrons. The molecule has 1 atom stereocenters. The summed E-state index contributed by atoms with van der Waals surface area (Å²) in [6.07, 6.45) is 2.52. The summed E-state index contributed by atoms with van der Waals surface area (Å²) in [5, 5.41) is 7.35. The van der Waals surface area contributed by atoms with Crippen molar-refractivity contribution < 1.29 is 4.79 Å². The molecule has 2 N–H and O–H groups in total. The monoisotopic (exact) mass is 395 g/mol. The van der Waals surface area contributed by atoms with Crippen LogP contribution in [0.3, 0.4) is 0 Å². The van der Waals surface area contributed by atoms with Crippen LogP contribution in [0.2, 0.25) is 0 Å². The lowest BCUT2D eigenvalue weighted by Crippen LogP contribution is -2.32. The van der Waals surface area contributed by atoms with Crippen molar-refractivity contribution >= 4 is 34.6 Å². The minimum atomic E-state index is 0.170. The van der Waals surface area contributed by atoms with E-state index in [2.05, 4.69) is 49.6 Å². The van der Waals surface area contributed by atoms with Gasteiger partial charge in [-0.25, -0.2) is 0 Å². The van der Waals surface area contributed by atoms with Crippen LogP contribution in [0.5, 0.6) is 0 Å². The van der Waals surface area contributed by atoms with E-state index < -0.39 is 0 Å². The number of nitrogens with zero attached hydrogens (tertiary/aromatic N) is 1. The maximum absolute atomic E-state index is 12.0. The predicted octanol–water partition coefficient (Wildman–Crippen LogP) is 5.18. The number of thiocarbonyl (C=S) groups is 1. The first-order valence-corrected chi connectivity index (χ1v) is 10.4. The van der Waals surface area contributed by atoms with E-state index in [1.54, 1.807) is 0 Å². The normalized spacial score (nSPS) is 14.9. The second-order valence-corrected chi connectivity index (χ2v) is 7.98. The van der Waals surface area contributed by atoms with Gasteiger partial charge in [-0.1, -0.05) is 30.7 Å². The molecule has 1 aliphatic heterocycles. The zero-order chi connectivity index (χ0) is 20.3. The molecular formula is C23H29N3OS. The Bertz CT molecular complexity index is 893. The SMILES string of the molecule is CC[C@H](NC(=S)Nc1ccc(N2CCCC2=O)c(C)c1)c1ccc(C)cc1C. The number of hydrogen-bond acceptors (Lipinski definition) is 2. The first-order valence-electron chi connectivity index (χ1n) is 9.94. The van der Waals surface area contributed by atoms with Gasteiger partial charge >= 0.3 is 0 Å². The number of hydrogen-bond donors (Lipinski definition) is 2. The summed E-state index contributed by atoms with van der Waals surface area (Å²) in [6.45, 7) is 9.25. The van der Waals surface area contributed by atoms with Gasteiger partial charge in [0.1, 0.15) is 0 Å². The summed E-state index contributed by atoms with van der Waals surface area (Å²) in [5.74, 6) is 0.209. The van der Waals surface area contributed by atoms with E-state index in [0.717, 1.165) is 36.3 Å². The van der Waals surface area contributed by atoms with Crippen molar-refractivity contribution in [2.75, 3.05) is 16.8 Å². The highest BCUT2D eigenvalue weighted by Crippen LogP contribution is 2.28. The molecule has 0 aliphatic carbocycles. The van der Waals surface area contributed by atoms with Gasteiger partial charge in [-0.3, -0.25) is 4.79 Å². The van der Waals surface area contributed by atoms with E-state index in [-0.39, 0.29) is 11.9 Å². The molecule has 5 heteroatoms. The number of benzene rings is 2. The van der Waals surface area contributed by atoms with Crippen LogP contribution in [0, 0.1) is 20.8 Å². The third-order valence-corrected chi connectivity index (χ3v) is 5.55. The lowest BCUT2D eigenvalue weighted by atomic mass is 9.98. The number of nitrogens with one attached hydrogen (secondary N) is 2. The standard InChI is InChI=1S/C23H29N3OS/c1-5-20(19-10-8-15(2)13-16(19)3)25-23(28)24-18-9-11-21(17(4)14-18)26-12-6-7-22(26)27/h8-11,13-14,20H,5-7,12H2,1-4H3,(H2,24,25,28)/t20-/m0/s1. The summed E-state index contributed by atoms with van der Waals surface area (Å²) in [4.78, 5) is 13.9. The molecule has 28 heavy (non-hydrogen) atoms. The van der Waals surface area contributed by atoms with E-state index in [4.69, 9.17) is 12.2 Å². The van der Waals surface area contributed by atoms with Gasteiger partial charge in [-0.05, 0) is 80.7 Å². The van der Waals surface area contributed by atoms with E-state index in [1.165, 1.54) is 16.7 Å². The van der Waals surface area contributed by atoms with Gasteiger partial charge in [-0.15, -0.1) is 0 Å². The van der Waals surface area contributed by atoms with Gasteiger partial charge in [0.05, 0.1) is 6.04 Å². The molecule has 4 nitrogen and oxygen atoms in total. The summed E-state index contributed by atoms with van der Waals surface area (Å²) in [5.41, 5.74) is 6.82. The van der Waals surface area contributed by atoms with Crippen LogP contribution in [0.4, 0.5) is 11.4 Å². The van der Waals surface area contributed by atoms with Gasteiger partial charge in [-0.2, -0.15) is 0 Å². The average Bonchev–Trinajstić information content (AvgIpc) is 3.06.